The number of carbonyl (C=O) groups excluding carboxylic acids is 6. The number of rotatable bonds is 13. The van der Waals surface area contributed by atoms with Crippen molar-refractivity contribution >= 4 is 35.4 Å². The number of piperidine rings is 1. The van der Waals surface area contributed by atoms with Crippen LogP contribution in [0, 0.1) is 28.6 Å². The summed E-state index contributed by atoms with van der Waals surface area (Å²) in [6.07, 6.45) is 9.75. The van der Waals surface area contributed by atoms with Gasteiger partial charge in [-0.3, -0.25) is 24.0 Å². The van der Waals surface area contributed by atoms with Gasteiger partial charge >= 0.3 is 6.03 Å². The van der Waals surface area contributed by atoms with Gasteiger partial charge in [0.1, 0.15) is 12.1 Å². The molecule has 0 radical (unpaired) electrons. The molecule has 0 aromatic carbocycles. The zero-order valence-corrected chi connectivity index (χ0v) is 30.6. The van der Waals surface area contributed by atoms with Crippen LogP contribution in [0.1, 0.15) is 106 Å². The molecule has 12 nitrogen and oxygen atoms in total. The van der Waals surface area contributed by atoms with E-state index in [0.29, 0.717) is 32.5 Å². The Labute approximate surface area is 292 Å². The van der Waals surface area contributed by atoms with E-state index in [2.05, 4.69) is 27.8 Å². The number of hydrogen-bond donors (Lipinski definition) is 4. The van der Waals surface area contributed by atoms with E-state index >= 15 is 0 Å². The van der Waals surface area contributed by atoms with Crippen LogP contribution in [0.3, 0.4) is 0 Å². The van der Waals surface area contributed by atoms with Gasteiger partial charge in [0.2, 0.25) is 23.5 Å². The van der Waals surface area contributed by atoms with Crippen molar-refractivity contribution in [1.82, 2.24) is 31.1 Å². The molecule has 6 amide bonds. The van der Waals surface area contributed by atoms with Gasteiger partial charge in [0.15, 0.2) is 0 Å². The fraction of sp³-hybridized carbons (Fsp3) is 0.784. The molecule has 4 rings (SSSR count). The number of carbonyl (C=O) groups is 6. The van der Waals surface area contributed by atoms with Crippen LogP contribution in [-0.4, -0.2) is 95.6 Å². The molecule has 2 aliphatic heterocycles. The number of urea groups is 1. The quantitative estimate of drug-likeness (QED) is 0.172. The molecule has 49 heavy (non-hydrogen) atoms. The number of amides is 6. The average molecular weight is 685 g/mol. The Hall–Kier alpha value is -3.44. The summed E-state index contributed by atoms with van der Waals surface area (Å²) < 4.78 is 0. The van der Waals surface area contributed by atoms with E-state index < -0.39 is 47.2 Å². The van der Waals surface area contributed by atoms with Crippen molar-refractivity contribution in [1.29, 1.82) is 0 Å². The normalized spacial score (nSPS) is 24.6. The van der Waals surface area contributed by atoms with Gasteiger partial charge in [0.05, 0.1) is 12.1 Å². The standard InChI is InChI=1S/C37H60N6O6/c1-8-18-38-33(47)30(45)26(20-23-13-11-14-23)39-32(46)29-25-16-12-15-24(25)21-43(29)34(48)31(37(5,6)7)41-35(49)40-27(36(2,3)4)22-42-19-10-9-17-28(42)44/h8,23-27,29,31H,1,9-22H2,2-7H3,(H,38,47)(H,39,46)(H2,40,41,49)/t24-,25-,26?,27+,29-,31+/m0/s1. The van der Waals surface area contributed by atoms with E-state index in [4.69, 9.17) is 0 Å². The maximum atomic E-state index is 14.5. The molecule has 0 aromatic heterocycles. The summed E-state index contributed by atoms with van der Waals surface area (Å²) in [7, 11) is 0. The highest BCUT2D eigenvalue weighted by atomic mass is 16.2. The predicted molar refractivity (Wildman–Crippen MR) is 187 cm³/mol. The zero-order chi connectivity index (χ0) is 36.1. The average Bonchev–Trinajstić information content (AvgIpc) is 3.60. The van der Waals surface area contributed by atoms with E-state index in [1.54, 1.807) is 4.90 Å². The predicted octanol–water partition coefficient (Wildman–Crippen LogP) is 3.30. The molecular formula is C37H60N6O6. The van der Waals surface area contributed by atoms with Crippen LogP contribution in [0.5, 0.6) is 0 Å². The van der Waals surface area contributed by atoms with Crippen LogP contribution in [0.4, 0.5) is 4.79 Å². The molecule has 1 unspecified atom stereocenters. The molecule has 2 saturated carbocycles. The van der Waals surface area contributed by atoms with Gasteiger partial charge in [-0.25, -0.2) is 4.79 Å². The zero-order valence-electron chi connectivity index (χ0n) is 30.6. The van der Waals surface area contributed by atoms with E-state index in [1.807, 2.05) is 46.4 Å². The smallest absolute Gasteiger partial charge is 0.315 e. The highest BCUT2D eigenvalue weighted by molar-refractivity contribution is 6.38. The van der Waals surface area contributed by atoms with E-state index in [0.717, 1.165) is 51.4 Å². The number of fused-ring (bicyclic) bond motifs is 1. The van der Waals surface area contributed by atoms with Crippen LogP contribution in [-0.2, 0) is 24.0 Å². The number of ketones is 1. The molecule has 6 atom stereocenters. The highest BCUT2D eigenvalue weighted by Crippen LogP contribution is 2.43. The first-order valence-corrected chi connectivity index (χ1v) is 18.4. The summed E-state index contributed by atoms with van der Waals surface area (Å²) in [5.41, 5.74) is -1.05. The SMILES string of the molecule is C=CCNC(=O)C(=O)C(CC1CCC1)NC(=O)[C@@H]1[C@H]2CCC[C@H]2CN1C(=O)[C@@H](NC(=O)N[C@H](CN1CCCCC1=O)C(C)(C)C)C(C)(C)C. The topological polar surface area (TPSA) is 157 Å². The molecule has 274 valence electrons. The van der Waals surface area contributed by atoms with Crippen molar-refractivity contribution < 1.29 is 28.8 Å². The van der Waals surface area contributed by atoms with Gasteiger partial charge in [-0.1, -0.05) is 73.3 Å². The molecule has 4 fully saturated rings. The molecule has 0 bridgehead atoms. The molecular weight excluding hydrogens is 624 g/mol. The summed E-state index contributed by atoms with van der Waals surface area (Å²) in [5.74, 6) is -1.81. The highest BCUT2D eigenvalue weighted by Gasteiger charge is 2.52. The molecule has 0 aromatic rings. The summed E-state index contributed by atoms with van der Waals surface area (Å²) in [4.78, 5) is 84.3. The van der Waals surface area contributed by atoms with Crippen LogP contribution < -0.4 is 21.3 Å². The fourth-order valence-electron chi connectivity index (χ4n) is 7.79. The summed E-state index contributed by atoms with van der Waals surface area (Å²) in [6.45, 7) is 16.8. The van der Waals surface area contributed by atoms with E-state index in [9.17, 15) is 28.8 Å². The third-order valence-corrected chi connectivity index (χ3v) is 11.1. The van der Waals surface area contributed by atoms with Crippen LogP contribution in [0.15, 0.2) is 12.7 Å². The first-order valence-electron chi connectivity index (χ1n) is 18.4. The van der Waals surface area contributed by atoms with Gasteiger partial charge in [-0.15, -0.1) is 6.58 Å². The Morgan fingerprint density at radius 3 is 2.18 bits per heavy atom. The lowest BCUT2D eigenvalue weighted by atomic mass is 9.80. The minimum Gasteiger partial charge on any atom is -0.346 e. The first kappa shape index (κ1) is 38.4. The van der Waals surface area contributed by atoms with Crippen molar-refractivity contribution in [3.05, 3.63) is 12.7 Å². The van der Waals surface area contributed by atoms with E-state index in [1.165, 1.54) is 6.08 Å². The Balaban J connectivity index is 1.52. The Kier molecular flexibility index (Phi) is 12.6. The van der Waals surface area contributed by atoms with Crippen LogP contribution >= 0.6 is 0 Å². The summed E-state index contributed by atoms with van der Waals surface area (Å²) in [6, 6.07) is -3.60. The van der Waals surface area contributed by atoms with Gasteiger partial charge in [-0.05, 0) is 60.7 Å². The van der Waals surface area contributed by atoms with Crippen molar-refractivity contribution in [2.45, 2.75) is 130 Å². The van der Waals surface area contributed by atoms with E-state index in [-0.39, 0.29) is 47.6 Å². The monoisotopic (exact) mass is 684 g/mol. The van der Waals surface area contributed by atoms with Crippen molar-refractivity contribution in [3.8, 4) is 0 Å². The van der Waals surface area contributed by atoms with Gasteiger partial charge in [-0.2, -0.15) is 0 Å². The Bertz CT molecular complexity index is 1270. The number of nitrogens with one attached hydrogen (secondary N) is 4. The fourth-order valence-corrected chi connectivity index (χ4v) is 7.79. The minimum absolute atomic E-state index is 0.0696. The van der Waals surface area contributed by atoms with Crippen molar-refractivity contribution in [2.24, 2.45) is 28.6 Å². The number of likely N-dealkylation sites (tertiary alicyclic amines) is 2. The summed E-state index contributed by atoms with van der Waals surface area (Å²) >= 11 is 0. The molecule has 2 heterocycles. The molecule has 4 N–H and O–H groups in total. The second kappa shape index (κ2) is 16.1. The third-order valence-electron chi connectivity index (χ3n) is 11.1. The lowest BCUT2D eigenvalue weighted by Crippen LogP contribution is -2.62. The lowest BCUT2D eigenvalue weighted by molar-refractivity contribution is -0.144. The second-order valence-electron chi connectivity index (χ2n) is 16.9. The number of Topliss-reactive ketones (excluding diaryl/α,β-unsaturated/α-hetero) is 1. The van der Waals surface area contributed by atoms with Gasteiger partial charge in [0, 0.05) is 32.6 Å². The lowest BCUT2D eigenvalue weighted by Gasteiger charge is -2.39. The maximum absolute atomic E-state index is 14.5. The van der Waals surface area contributed by atoms with Crippen LogP contribution in [0.2, 0.25) is 0 Å². The Morgan fingerprint density at radius 1 is 0.898 bits per heavy atom. The van der Waals surface area contributed by atoms with Gasteiger partial charge in [0.25, 0.3) is 5.91 Å². The molecule has 2 aliphatic carbocycles. The van der Waals surface area contributed by atoms with Crippen molar-refractivity contribution in [3.63, 3.8) is 0 Å². The molecule has 2 saturated heterocycles. The van der Waals surface area contributed by atoms with Crippen molar-refractivity contribution in [2.75, 3.05) is 26.2 Å². The molecule has 4 aliphatic rings. The number of hydrogen-bond acceptors (Lipinski definition) is 6. The number of nitrogens with zero attached hydrogens (tertiary/aromatic N) is 2. The van der Waals surface area contributed by atoms with Crippen LogP contribution in [0.25, 0.3) is 0 Å². The minimum atomic E-state index is -0.983. The largest absolute Gasteiger partial charge is 0.346 e. The third kappa shape index (κ3) is 9.63. The van der Waals surface area contributed by atoms with Gasteiger partial charge < -0.3 is 31.1 Å². The second-order valence-corrected chi connectivity index (χ2v) is 16.9. The maximum Gasteiger partial charge on any atom is 0.315 e. The Morgan fingerprint density at radius 2 is 1.59 bits per heavy atom. The first-order chi connectivity index (χ1) is 23.0. The molecule has 12 heteroatoms. The molecule has 0 spiro atoms. The summed E-state index contributed by atoms with van der Waals surface area (Å²) in [5, 5.41) is 11.5.